The lowest BCUT2D eigenvalue weighted by Gasteiger charge is -2.20. The number of benzene rings is 8. The maximum atomic E-state index is 12.0. The molecule has 8 rings (SSSR count). The van der Waals surface area contributed by atoms with Crippen LogP contribution in [0.2, 0.25) is 0 Å². The molecule has 12 nitrogen and oxygen atoms in total. The Balaban J connectivity index is 0.000000234. The molecule has 0 aliphatic rings. The van der Waals surface area contributed by atoms with Gasteiger partial charge in [-0.2, -0.15) is 0 Å². The number of hydrogen-bond donors (Lipinski definition) is 3. The Labute approximate surface area is 476 Å². The van der Waals surface area contributed by atoms with Crippen LogP contribution >= 0.6 is 0 Å². The summed E-state index contributed by atoms with van der Waals surface area (Å²) in [6.45, 7) is 21.5. The van der Waals surface area contributed by atoms with Crippen LogP contribution < -0.4 is 30.7 Å². The van der Waals surface area contributed by atoms with Crippen molar-refractivity contribution in [3.63, 3.8) is 0 Å². The molecule has 0 heterocycles. The first-order valence-corrected chi connectivity index (χ1v) is 26.8. The highest BCUT2D eigenvalue weighted by Crippen LogP contribution is 2.40. The fourth-order valence-electron chi connectivity index (χ4n) is 10.1. The third kappa shape index (κ3) is 14.3. The Morgan fingerprint density at radius 3 is 0.617 bits per heavy atom. The molecule has 3 N–H and O–H groups in total. The molecule has 0 saturated carbocycles. The average molecular weight is 1080 g/mol. The highest BCUT2D eigenvalue weighted by atomic mass is 16.2. The second-order valence-corrected chi connectivity index (χ2v) is 21.0. The Kier molecular flexibility index (Phi) is 18.4. The second-order valence-electron chi connectivity index (χ2n) is 21.0. The van der Waals surface area contributed by atoms with Crippen LogP contribution in [0.3, 0.4) is 0 Å². The van der Waals surface area contributed by atoms with Crippen molar-refractivity contribution in [2.75, 3.05) is 51.8 Å². The van der Waals surface area contributed by atoms with E-state index in [4.69, 9.17) is 0 Å². The first-order valence-electron chi connectivity index (χ1n) is 26.8. The summed E-state index contributed by atoms with van der Waals surface area (Å²) < 4.78 is 0. The standard InChI is InChI=1S/C36H39N3O3.C33H33N3O3/c1-22-16-31(37(7)25(4)40)10-13-34(22)28-19-29(35-14-11-32(17-23(35)2)38(8)26(5)41)21-30(20-28)36-15-12-33(18-24(36)3)39(9)27(6)42;1-19-13-28(34-22(4)37)7-10-31(19)25-16-26(32-11-8-29(14-20(32)2)35-23(5)38)18-27(17-25)33-12-9-30(15-21(33)3)36-24(6)39/h10-21H,1-9H3;7-18H,1-6H3,(H,34,37)(H,35,38)(H,36,39). The van der Waals surface area contributed by atoms with Crippen molar-refractivity contribution in [3.05, 3.63) is 179 Å². The Morgan fingerprint density at radius 2 is 0.457 bits per heavy atom. The molecule has 0 aliphatic carbocycles. The van der Waals surface area contributed by atoms with E-state index in [0.717, 1.165) is 134 Å². The molecule has 0 spiro atoms. The van der Waals surface area contributed by atoms with Crippen molar-refractivity contribution in [2.45, 2.75) is 83.1 Å². The van der Waals surface area contributed by atoms with Crippen molar-refractivity contribution in [2.24, 2.45) is 0 Å². The largest absolute Gasteiger partial charge is 0.326 e. The minimum atomic E-state index is -0.109. The highest BCUT2D eigenvalue weighted by Gasteiger charge is 2.18. The quantitative estimate of drug-likeness (QED) is 0.111. The number of nitrogens with one attached hydrogen (secondary N) is 3. The molecule has 0 atom stereocenters. The summed E-state index contributed by atoms with van der Waals surface area (Å²) in [7, 11) is 5.34. The van der Waals surface area contributed by atoms with Crippen LogP contribution in [-0.2, 0) is 28.8 Å². The van der Waals surface area contributed by atoms with Gasteiger partial charge in [0.05, 0.1) is 0 Å². The molecule has 12 heteroatoms. The van der Waals surface area contributed by atoms with Crippen molar-refractivity contribution >= 4 is 69.6 Å². The minimum absolute atomic E-state index is 0.0184. The molecule has 8 aromatic carbocycles. The van der Waals surface area contributed by atoms with E-state index in [-0.39, 0.29) is 35.4 Å². The number of amides is 6. The fraction of sp³-hybridized carbons (Fsp3) is 0.217. The molecule has 0 fully saturated rings. The van der Waals surface area contributed by atoms with E-state index >= 15 is 0 Å². The van der Waals surface area contributed by atoms with Gasteiger partial charge in [-0.1, -0.05) is 36.4 Å². The van der Waals surface area contributed by atoms with E-state index in [2.05, 4.69) is 91.3 Å². The lowest BCUT2D eigenvalue weighted by Crippen LogP contribution is -2.22. The molecule has 414 valence electrons. The van der Waals surface area contributed by atoms with E-state index < -0.39 is 0 Å². The number of hydrogen-bond acceptors (Lipinski definition) is 6. The molecule has 0 radical (unpaired) electrons. The SMILES string of the molecule is CC(=O)N(C)c1ccc(-c2cc(-c3ccc(N(C)C(C)=O)cc3C)cc(-c3ccc(N(C)C(C)=O)cc3C)c2)c(C)c1.CC(=O)Nc1ccc(-c2cc(-c3ccc(NC(C)=O)cc3C)cc(-c3ccc(NC(C)=O)cc3C)c2)c(C)c1. The van der Waals surface area contributed by atoms with E-state index in [9.17, 15) is 28.8 Å². The minimum Gasteiger partial charge on any atom is -0.326 e. The lowest BCUT2D eigenvalue weighted by atomic mass is 9.89. The molecule has 0 aromatic heterocycles. The van der Waals surface area contributed by atoms with E-state index in [0.29, 0.717) is 0 Å². The van der Waals surface area contributed by atoms with Crippen molar-refractivity contribution < 1.29 is 28.8 Å². The fourth-order valence-corrected chi connectivity index (χ4v) is 10.1. The summed E-state index contributed by atoms with van der Waals surface area (Å²) in [6.07, 6.45) is 0. The predicted molar refractivity (Wildman–Crippen MR) is 334 cm³/mol. The van der Waals surface area contributed by atoms with Gasteiger partial charge >= 0.3 is 0 Å². The van der Waals surface area contributed by atoms with Gasteiger partial charge in [0, 0.05) is 96.8 Å². The van der Waals surface area contributed by atoms with Crippen LogP contribution in [-0.4, -0.2) is 56.6 Å². The first-order chi connectivity index (χ1) is 38.3. The van der Waals surface area contributed by atoms with Crippen LogP contribution in [0.25, 0.3) is 66.8 Å². The summed E-state index contributed by atoms with van der Waals surface area (Å²) in [5, 5.41) is 8.56. The van der Waals surface area contributed by atoms with Crippen molar-refractivity contribution in [1.29, 1.82) is 0 Å². The zero-order valence-electron chi connectivity index (χ0n) is 49.1. The summed E-state index contributed by atoms with van der Waals surface area (Å²) in [5.41, 5.74) is 23.9. The zero-order chi connectivity index (χ0) is 59.1. The maximum absolute atomic E-state index is 12.0. The summed E-state index contributed by atoms with van der Waals surface area (Å²) in [6, 6.07) is 49.1. The number of nitrogens with zero attached hydrogens (tertiary/aromatic N) is 3. The number of carbonyl (C=O) groups excluding carboxylic acids is 6. The third-order valence-corrected chi connectivity index (χ3v) is 14.6. The smallest absolute Gasteiger partial charge is 0.223 e. The van der Waals surface area contributed by atoms with Crippen molar-refractivity contribution in [3.8, 4) is 66.8 Å². The maximum Gasteiger partial charge on any atom is 0.223 e. The van der Waals surface area contributed by atoms with Gasteiger partial charge in [0.15, 0.2) is 0 Å². The molecule has 6 amide bonds. The molecule has 0 saturated heterocycles. The van der Waals surface area contributed by atoms with Crippen molar-refractivity contribution in [1.82, 2.24) is 0 Å². The van der Waals surface area contributed by atoms with Gasteiger partial charge in [-0.25, -0.2) is 0 Å². The van der Waals surface area contributed by atoms with Gasteiger partial charge in [0.25, 0.3) is 0 Å². The van der Waals surface area contributed by atoms with Gasteiger partial charge in [-0.15, -0.1) is 0 Å². The van der Waals surface area contributed by atoms with Crippen LogP contribution in [0.15, 0.2) is 146 Å². The summed E-state index contributed by atoms with van der Waals surface area (Å²) in [5.74, 6) is -0.381. The average Bonchev–Trinajstić information content (AvgIpc) is 3.59. The molecule has 0 bridgehead atoms. The molecule has 8 aromatic rings. The van der Waals surface area contributed by atoms with E-state index in [1.807, 2.05) is 112 Å². The van der Waals surface area contributed by atoms with E-state index in [1.165, 1.54) is 20.8 Å². The van der Waals surface area contributed by atoms with Crippen LogP contribution in [0, 0.1) is 41.5 Å². The summed E-state index contributed by atoms with van der Waals surface area (Å²) in [4.78, 5) is 75.5. The van der Waals surface area contributed by atoms with Gasteiger partial charge in [-0.3, -0.25) is 28.8 Å². The van der Waals surface area contributed by atoms with Crippen LogP contribution in [0.4, 0.5) is 34.1 Å². The predicted octanol–water partition coefficient (Wildman–Crippen LogP) is 15.0. The first kappa shape index (κ1) is 59.2. The normalized spacial score (nSPS) is 10.7. The number of anilines is 6. The van der Waals surface area contributed by atoms with Gasteiger partial charge in [0.1, 0.15) is 0 Å². The number of carbonyl (C=O) groups is 6. The van der Waals surface area contributed by atoms with Crippen LogP contribution in [0.5, 0.6) is 0 Å². The Hall–Kier alpha value is -9.42. The van der Waals surface area contributed by atoms with Crippen LogP contribution in [0.1, 0.15) is 74.9 Å². The Bertz CT molecular complexity index is 3390. The highest BCUT2D eigenvalue weighted by molar-refractivity contribution is 5.96. The molecule has 0 unspecified atom stereocenters. The van der Waals surface area contributed by atoms with Gasteiger partial charge in [-0.05, 0) is 251 Å². The zero-order valence-corrected chi connectivity index (χ0v) is 49.1. The number of aryl methyl sites for hydroxylation is 6. The molecule has 81 heavy (non-hydrogen) atoms. The third-order valence-electron chi connectivity index (χ3n) is 14.6. The summed E-state index contributed by atoms with van der Waals surface area (Å²) >= 11 is 0. The van der Waals surface area contributed by atoms with Gasteiger partial charge in [0.2, 0.25) is 35.4 Å². The molecule has 0 aliphatic heterocycles. The molecular weight excluding hydrogens is 1010 g/mol. The monoisotopic (exact) mass is 1080 g/mol. The van der Waals surface area contributed by atoms with E-state index in [1.54, 1.807) is 56.6 Å². The Morgan fingerprint density at radius 1 is 0.272 bits per heavy atom. The number of rotatable bonds is 12. The van der Waals surface area contributed by atoms with Gasteiger partial charge < -0.3 is 30.7 Å². The lowest BCUT2D eigenvalue weighted by molar-refractivity contribution is -0.117. The molecular formula is C69H72N6O6. The second kappa shape index (κ2) is 25.1. The topological polar surface area (TPSA) is 148 Å².